The van der Waals surface area contributed by atoms with Crippen LogP contribution in [0.25, 0.3) is 0 Å². The zero-order valence-electron chi connectivity index (χ0n) is 13.5. The lowest BCUT2D eigenvalue weighted by Gasteiger charge is -2.30. The zero-order chi connectivity index (χ0) is 17.2. The van der Waals surface area contributed by atoms with Gasteiger partial charge in [0.2, 0.25) is 0 Å². The molecule has 0 aromatic rings. The lowest BCUT2D eigenvalue weighted by atomic mass is 9.99. The van der Waals surface area contributed by atoms with E-state index < -0.39 is 24.0 Å². The normalized spacial score (nSPS) is 16.1. The molecule has 1 amide bonds. The number of hydrogen-bond donors (Lipinski definition) is 1. The highest BCUT2D eigenvalue weighted by atomic mass is 32.1. The monoisotopic (exact) mass is 340 g/mol. The van der Waals surface area contributed by atoms with E-state index in [0.717, 1.165) is 25.9 Å². The third-order valence-corrected chi connectivity index (χ3v) is 3.97. The van der Waals surface area contributed by atoms with Gasteiger partial charge < -0.3 is 19.7 Å². The van der Waals surface area contributed by atoms with Crippen molar-refractivity contribution in [2.24, 2.45) is 5.92 Å². The molecule has 0 aliphatic carbocycles. The van der Waals surface area contributed by atoms with E-state index in [-0.39, 0.29) is 13.2 Å². The summed E-state index contributed by atoms with van der Waals surface area (Å²) in [7, 11) is 0. The maximum atomic E-state index is 12.2. The Labute approximate surface area is 142 Å². The van der Waals surface area contributed by atoms with Gasteiger partial charge in [0.25, 0.3) is 0 Å². The molecule has 0 aromatic carbocycles. The van der Waals surface area contributed by atoms with Crippen molar-refractivity contribution in [2.45, 2.75) is 25.8 Å². The average Bonchev–Trinajstić information content (AvgIpc) is 3.06. The molecule has 0 unspecified atom stereocenters. The zero-order valence-corrected chi connectivity index (χ0v) is 14.3. The van der Waals surface area contributed by atoms with Crippen LogP contribution in [0.1, 0.15) is 19.8 Å². The Kier molecular flexibility index (Phi) is 8.32. The molecule has 2 atom stereocenters. The van der Waals surface area contributed by atoms with E-state index in [0.29, 0.717) is 4.99 Å². The van der Waals surface area contributed by atoms with E-state index in [2.05, 4.69) is 18.5 Å². The van der Waals surface area contributed by atoms with Gasteiger partial charge in [-0.25, -0.2) is 4.79 Å². The Morgan fingerprint density at radius 3 is 2.48 bits per heavy atom. The standard InChI is InChI=1S/C16H24N2O4S/c1-4-11-22-16(20)17-13(12(5-2)15(19)21-6-3)14(23)18-9-7-8-10-18/h4-5,12-13H,1-2,6-11H2,3H3,(H,17,20)/t12-,13+/m1/s1. The van der Waals surface area contributed by atoms with Crippen LogP contribution in [-0.2, 0) is 14.3 Å². The third-order valence-electron chi connectivity index (χ3n) is 3.46. The van der Waals surface area contributed by atoms with Crippen molar-refractivity contribution in [2.75, 3.05) is 26.3 Å². The largest absolute Gasteiger partial charge is 0.465 e. The van der Waals surface area contributed by atoms with Crippen molar-refractivity contribution in [3.05, 3.63) is 25.3 Å². The van der Waals surface area contributed by atoms with Gasteiger partial charge in [-0.2, -0.15) is 0 Å². The predicted octanol–water partition coefficient (Wildman–Crippen LogP) is 2.06. The van der Waals surface area contributed by atoms with Gasteiger partial charge in [0, 0.05) is 13.1 Å². The van der Waals surface area contributed by atoms with Gasteiger partial charge in [-0.1, -0.05) is 30.9 Å². The quantitative estimate of drug-likeness (QED) is 0.414. The number of rotatable bonds is 8. The molecular formula is C16H24N2O4S. The fraction of sp³-hybridized carbons (Fsp3) is 0.562. The number of amides is 1. The van der Waals surface area contributed by atoms with Crippen molar-refractivity contribution in [3.63, 3.8) is 0 Å². The smallest absolute Gasteiger partial charge is 0.408 e. The Balaban J connectivity index is 2.90. The van der Waals surface area contributed by atoms with Crippen LogP contribution < -0.4 is 5.32 Å². The Morgan fingerprint density at radius 2 is 1.96 bits per heavy atom. The summed E-state index contributed by atoms with van der Waals surface area (Å²) >= 11 is 5.49. The molecule has 1 heterocycles. The summed E-state index contributed by atoms with van der Waals surface area (Å²) in [6.45, 7) is 10.8. The Bertz CT molecular complexity index is 461. The Morgan fingerprint density at radius 1 is 1.30 bits per heavy atom. The molecule has 23 heavy (non-hydrogen) atoms. The van der Waals surface area contributed by atoms with Crippen LogP contribution in [0.5, 0.6) is 0 Å². The summed E-state index contributed by atoms with van der Waals surface area (Å²) in [5.41, 5.74) is 0. The highest BCUT2D eigenvalue weighted by Gasteiger charge is 2.35. The number of nitrogens with one attached hydrogen (secondary N) is 1. The minimum atomic E-state index is -0.765. The van der Waals surface area contributed by atoms with E-state index in [4.69, 9.17) is 21.7 Å². The summed E-state index contributed by atoms with van der Waals surface area (Å²) in [6, 6.07) is -0.725. The maximum Gasteiger partial charge on any atom is 0.408 e. The summed E-state index contributed by atoms with van der Waals surface area (Å²) in [4.78, 5) is 26.5. The van der Waals surface area contributed by atoms with Gasteiger partial charge in [-0.3, -0.25) is 4.79 Å². The first-order valence-electron chi connectivity index (χ1n) is 7.67. The third kappa shape index (κ3) is 5.67. The summed E-state index contributed by atoms with van der Waals surface area (Å²) in [6.07, 6.45) is 4.31. The van der Waals surface area contributed by atoms with Crippen LogP contribution in [0.3, 0.4) is 0 Å². The fourth-order valence-corrected chi connectivity index (χ4v) is 2.74. The van der Waals surface area contributed by atoms with Crippen LogP contribution in [0.15, 0.2) is 25.3 Å². The SMILES string of the molecule is C=CCOC(=O)N[C@H](C(=S)N1CCCC1)[C@@H](C=C)C(=O)OCC. The fourth-order valence-electron chi connectivity index (χ4n) is 2.35. The van der Waals surface area contributed by atoms with Crippen molar-refractivity contribution in [1.82, 2.24) is 10.2 Å². The molecule has 1 rings (SSSR count). The molecule has 0 radical (unpaired) electrons. The molecular weight excluding hydrogens is 316 g/mol. The molecule has 1 aliphatic rings. The molecule has 128 valence electrons. The first kappa shape index (κ1) is 19.2. The van der Waals surface area contributed by atoms with Gasteiger partial charge in [0.05, 0.1) is 12.6 Å². The van der Waals surface area contributed by atoms with Gasteiger partial charge in [-0.15, -0.1) is 6.58 Å². The molecule has 6 nitrogen and oxygen atoms in total. The van der Waals surface area contributed by atoms with E-state index in [9.17, 15) is 9.59 Å². The number of hydrogen-bond acceptors (Lipinski definition) is 5. The van der Waals surface area contributed by atoms with Crippen LogP contribution in [0, 0.1) is 5.92 Å². The molecule has 0 bridgehead atoms. The molecule has 1 aliphatic heterocycles. The number of ether oxygens (including phenoxy) is 2. The predicted molar refractivity (Wildman–Crippen MR) is 92.2 cm³/mol. The summed E-state index contributed by atoms with van der Waals surface area (Å²) in [5, 5.41) is 2.65. The average molecular weight is 340 g/mol. The number of thiocarbonyl (C=S) groups is 1. The highest BCUT2D eigenvalue weighted by Crippen LogP contribution is 2.17. The topological polar surface area (TPSA) is 67.9 Å². The van der Waals surface area contributed by atoms with Crippen molar-refractivity contribution in [3.8, 4) is 0 Å². The van der Waals surface area contributed by atoms with Crippen molar-refractivity contribution in [1.29, 1.82) is 0 Å². The number of esters is 1. The number of carbonyl (C=O) groups is 2. The molecule has 0 saturated carbocycles. The molecule has 1 saturated heterocycles. The lowest BCUT2D eigenvalue weighted by Crippen LogP contribution is -2.52. The van der Waals surface area contributed by atoms with Crippen molar-refractivity contribution < 1.29 is 19.1 Å². The van der Waals surface area contributed by atoms with E-state index in [1.807, 2.05) is 4.90 Å². The lowest BCUT2D eigenvalue weighted by molar-refractivity contribution is -0.146. The molecule has 0 spiro atoms. The van der Waals surface area contributed by atoms with Gasteiger partial charge >= 0.3 is 12.1 Å². The maximum absolute atomic E-state index is 12.2. The minimum absolute atomic E-state index is 0.0766. The van der Waals surface area contributed by atoms with Gasteiger partial charge in [0.15, 0.2) is 0 Å². The second-order valence-electron chi connectivity index (χ2n) is 5.06. The second kappa shape index (κ2) is 9.99. The number of carbonyl (C=O) groups excluding carboxylic acids is 2. The van der Waals surface area contributed by atoms with Crippen LogP contribution in [0.2, 0.25) is 0 Å². The van der Waals surface area contributed by atoms with Crippen LogP contribution in [-0.4, -0.2) is 54.3 Å². The minimum Gasteiger partial charge on any atom is -0.465 e. The summed E-state index contributed by atoms with van der Waals surface area (Å²) in [5.74, 6) is -1.24. The van der Waals surface area contributed by atoms with Crippen LogP contribution >= 0.6 is 12.2 Å². The summed E-state index contributed by atoms with van der Waals surface area (Å²) < 4.78 is 9.99. The van der Waals surface area contributed by atoms with E-state index >= 15 is 0 Å². The van der Waals surface area contributed by atoms with Gasteiger partial charge in [0.1, 0.15) is 17.5 Å². The second-order valence-corrected chi connectivity index (χ2v) is 5.47. The molecule has 0 aromatic heterocycles. The number of nitrogens with zero attached hydrogens (tertiary/aromatic N) is 1. The van der Waals surface area contributed by atoms with Gasteiger partial charge in [-0.05, 0) is 19.8 Å². The highest BCUT2D eigenvalue weighted by molar-refractivity contribution is 7.80. The Hall–Kier alpha value is -1.89. The number of likely N-dealkylation sites (tertiary alicyclic amines) is 1. The molecule has 7 heteroatoms. The van der Waals surface area contributed by atoms with E-state index in [1.54, 1.807) is 6.92 Å². The molecule has 1 N–H and O–H groups in total. The first-order valence-corrected chi connectivity index (χ1v) is 8.08. The first-order chi connectivity index (χ1) is 11.0. The molecule has 1 fully saturated rings. The van der Waals surface area contributed by atoms with E-state index in [1.165, 1.54) is 12.2 Å². The van der Waals surface area contributed by atoms with Crippen molar-refractivity contribution >= 4 is 29.3 Å². The van der Waals surface area contributed by atoms with Crippen LogP contribution in [0.4, 0.5) is 4.79 Å². The number of alkyl carbamates (subject to hydrolysis) is 1.